The zero-order chi connectivity index (χ0) is 26.5. The molecule has 18 heteroatoms. The minimum Gasteiger partial charge on any atom is -0.731 e. The van der Waals surface area contributed by atoms with Crippen LogP contribution in [0.5, 0.6) is 0 Å². The van der Waals surface area contributed by atoms with Crippen molar-refractivity contribution in [1.29, 1.82) is 0 Å². The maximum absolute atomic E-state index is 12.9. The van der Waals surface area contributed by atoms with E-state index >= 15 is 0 Å². The number of oxime groups is 1. The predicted octanol–water partition coefficient (Wildman–Crippen LogP) is -3.74. The van der Waals surface area contributed by atoms with Crippen LogP contribution >= 0.6 is 22.9 Å². The number of nitrogens with one attached hydrogen (secondary N) is 3. The number of nitrogens with zero attached hydrogens (tertiary/aromatic N) is 3. The fourth-order valence-electron chi connectivity index (χ4n) is 3.14. The Morgan fingerprint density at radius 1 is 1.27 bits per heavy atom. The van der Waals surface area contributed by atoms with Crippen LogP contribution in [0.3, 0.4) is 0 Å². The average molecular weight is 581 g/mol. The third-order valence-corrected chi connectivity index (χ3v) is 6.65. The van der Waals surface area contributed by atoms with Crippen LogP contribution in [-0.2, 0) is 29.5 Å². The molecule has 192 valence electrons. The summed E-state index contributed by atoms with van der Waals surface area (Å²) in [6.07, 6.45) is 0. The van der Waals surface area contributed by atoms with Crippen molar-refractivity contribution in [2.24, 2.45) is 5.16 Å². The fraction of sp³-hybridized carbons (Fsp3) is 0.263. The van der Waals surface area contributed by atoms with Crippen LogP contribution in [-0.4, -0.2) is 83.2 Å². The van der Waals surface area contributed by atoms with Crippen molar-refractivity contribution < 1.29 is 66.5 Å². The SMILES string of the molecule is CON=C(C(=O)N[C@H]1C(=O)N(S(=O)(=O)[O-])[C@H]1CNC(=O)c1ccccc1)c1csc(NC(=O)CCl)n1.[Na+]. The van der Waals surface area contributed by atoms with E-state index in [0.29, 0.717) is 0 Å². The second kappa shape index (κ2) is 13.3. The Morgan fingerprint density at radius 3 is 2.54 bits per heavy atom. The van der Waals surface area contributed by atoms with Gasteiger partial charge in [-0.15, -0.1) is 22.9 Å². The summed E-state index contributed by atoms with van der Waals surface area (Å²) >= 11 is 6.39. The molecule has 1 aliphatic rings. The monoisotopic (exact) mass is 580 g/mol. The zero-order valence-corrected chi connectivity index (χ0v) is 23.7. The van der Waals surface area contributed by atoms with E-state index in [1.165, 1.54) is 17.5 Å². The molecule has 37 heavy (non-hydrogen) atoms. The third-order valence-electron chi connectivity index (χ3n) is 4.72. The average Bonchev–Trinajstić information content (AvgIpc) is 3.30. The number of thiazole rings is 1. The Labute approximate surface area is 241 Å². The minimum atomic E-state index is -5.22. The molecule has 2 atom stereocenters. The van der Waals surface area contributed by atoms with Crippen molar-refractivity contribution in [3.8, 4) is 0 Å². The van der Waals surface area contributed by atoms with E-state index in [1.807, 2.05) is 0 Å². The van der Waals surface area contributed by atoms with Crippen LogP contribution < -0.4 is 45.5 Å². The molecule has 0 unspecified atom stereocenters. The first-order chi connectivity index (χ1) is 17.1. The standard InChI is InChI=1S/C19H19ClN6O8S2.Na/c1-34-25-14(11-9-35-19(22-11)23-13(27)7-20)17(29)24-15-12(26(18(15)30)36(31,32)33)8-21-16(28)10-5-3-2-4-6-10;/h2-6,9,12,15H,7-8H2,1H3,(H,21,28)(H,24,29)(H,22,23,27)(H,31,32,33);/q;+1/p-1/t12-,15+;/m0./s1. The first-order valence-electron chi connectivity index (χ1n) is 9.93. The topological polar surface area (TPSA) is 199 Å². The number of anilines is 1. The van der Waals surface area contributed by atoms with Crippen molar-refractivity contribution in [3.63, 3.8) is 0 Å². The summed E-state index contributed by atoms with van der Waals surface area (Å²) < 4.78 is 34.8. The minimum absolute atomic E-state index is 0. The number of alkyl halides is 1. The molecule has 2 heterocycles. The summed E-state index contributed by atoms with van der Waals surface area (Å²) in [6, 6.07) is 5.06. The Morgan fingerprint density at radius 2 is 1.95 bits per heavy atom. The molecule has 0 radical (unpaired) electrons. The summed E-state index contributed by atoms with van der Waals surface area (Å²) in [4.78, 5) is 57.8. The number of carbonyl (C=O) groups is 4. The molecule has 0 saturated carbocycles. The molecule has 0 aliphatic carbocycles. The molecular formula is C19H18ClN6NaO8S2. The molecule has 1 aromatic carbocycles. The molecule has 4 amide bonds. The number of amides is 4. The fourth-order valence-corrected chi connectivity index (χ4v) is 4.78. The van der Waals surface area contributed by atoms with Gasteiger partial charge in [0.05, 0.1) is 6.04 Å². The van der Waals surface area contributed by atoms with Gasteiger partial charge in [-0.25, -0.2) is 17.7 Å². The number of hydrogen-bond donors (Lipinski definition) is 3. The Hall–Kier alpha value is -2.60. The second-order valence-corrected chi connectivity index (χ2v) is 9.40. The molecule has 1 saturated heterocycles. The largest absolute Gasteiger partial charge is 1.00 e. The van der Waals surface area contributed by atoms with Gasteiger partial charge in [0.15, 0.2) is 21.1 Å². The molecule has 3 rings (SSSR count). The van der Waals surface area contributed by atoms with Gasteiger partial charge in [0.25, 0.3) is 17.7 Å². The van der Waals surface area contributed by atoms with Gasteiger partial charge < -0.3 is 25.3 Å². The van der Waals surface area contributed by atoms with Gasteiger partial charge in [0.1, 0.15) is 24.7 Å². The van der Waals surface area contributed by atoms with Gasteiger partial charge in [0, 0.05) is 17.5 Å². The maximum Gasteiger partial charge on any atom is 1.00 e. The van der Waals surface area contributed by atoms with Gasteiger partial charge in [-0.3, -0.25) is 19.2 Å². The van der Waals surface area contributed by atoms with E-state index in [1.54, 1.807) is 18.2 Å². The predicted molar refractivity (Wildman–Crippen MR) is 126 cm³/mol. The van der Waals surface area contributed by atoms with Gasteiger partial charge in [-0.05, 0) is 12.1 Å². The van der Waals surface area contributed by atoms with Gasteiger partial charge >= 0.3 is 29.6 Å². The van der Waals surface area contributed by atoms with E-state index in [-0.39, 0.29) is 56.1 Å². The molecule has 1 aromatic heterocycles. The van der Waals surface area contributed by atoms with E-state index in [9.17, 15) is 32.1 Å². The number of halogens is 1. The summed E-state index contributed by atoms with van der Waals surface area (Å²) in [5.41, 5.74) is -0.169. The maximum atomic E-state index is 12.9. The number of carbonyl (C=O) groups excluding carboxylic acids is 4. The molecular weight excluding hydrogens is 563 g/mol. The van der Waals surface area contributed by atoms with Crippen molar-refractivity contribution in [1.82, 2.24) is 19.9 Å². The number of β-lactam (4-membered cyclic amide) rings is 1. The van der Waals surface area contributed by atoms with E-state index < -0.39 is 58.3 Å². The summed E-state index contributed by atoms with van der Waals surface area (Å²) in [7, 11) is -4.07. The van der Waals surface area contributed by atoms with Crippen molar-refractivity contribution in [2.45, 2.75) is 12.1 Å². The van der Waals surface area contributed by atoms with Crippen molar-refractivity contribution in [2.75, 3.05) is 24.9 Å². The number of hydrogen-bond acceptors (Lipinski definition) is 11. The first-order valence-corrected chi connectivity index (χ1v) is 12.7. The van der Waals surface area contributed by atoms with Crippen LogP contribution in [0, 0.1) is 0 Å². The van der Waals surface area contributed by atoms with Crippen molar-refractivity contribution >= 4 is 67.7 Å². The number of benzene rings is 1. The van der Waals surface area contributed by atoms with Crippen LogP contribution in [0.15, 0.2) is 40.9 Å². The van der Waals surface area contributed by atoms with Gasteiger partial charge in [-0.1, -0.05) is 23.4 Å². The van der Waals surface area contributed by atoms with Gasteiger partial charge in [0.2, 0.25) is 5.91 Å². The molecule has 14 nitrogen and oxygen atoms in total. The van der Waals surface area contributed by atoms with Crippen molar-refractivity contribution in [3.05, 3.63) is 47.0 Å². The Bertz CT molecular complexity index is 1310. The van der Waals surface area contributed by atoms with E-state index in [4.69, 9.17) is 11.6 Å². The van der Waals surface area contributed by atoms with E-state index in [0.717, 1.165) is 18.4 Å². The number of aromatic nitrogens is 1. The summed E-state index contributed by atoms with van der Waals surface area (Å²) in [5, 5.41) is 12.2. The van der Waals surface area contributed by atoms with E-state index in [2.05, 4.69) is 30.9 Å². The Balaban J connectivity index is 0.00000481. The molecule has 3 N–H and O–H groups in total. The number of rotatable bonds is 10. The Kier molecular flexibility index (Phi) is 11.0. The first kappa shape index (κ1) is 30.6. The quantitative estimate of drug-likeness (QED) is 0.0631. The summed E-state index contributed by atoms with van der Waals surface area (Å²) in [5.74, 6) is -3.62. The molecule has 1 fully saturated rings. The second-order valence-electron chi connectivity index (χ2n) is 7.03. The van der Waals surface area contributed by atoms with Gasteiger partial charge in [-0.2, -0.15) is 0 Å². The molecule has 2 aromatic rings. The molecule has 0 bridgehead atoms. The zero-order valence-electron chi connectivity index (χ0n) is 19.3. The third kappa shape index (κ3) is 7.47. The van der Waals surface area contributed by atoms with Crippen LogP contribution in [0.4, 0.5) is 5.13 Å². The summed E-state index contributed by atoms with van der Waals surface area (Å²) in [6.45, 7) is -0.450. The van der Waals surface area contributed by atoms with Crippen LogP contribution in [0.25, 0.3) is 0 Å². The normalized spacial score (nSPS) is 17.2. The van der Waals surface area contributed by atoms with Crippen LogP contribution in [0.2, 0.25) is 0 Å². The molecule has 0 spiro atoms. The smallest absolute Gasteiger partial charge is 0.731 e. The molecule has 1 aliphatic heterocycles. The van der Waals surface area contributed by atoms with Crippen LogP contribution in [0.1, 0.15) is 16.1 Å².